The first-order valence-electron chi connectivity index (χ1n) is 8.64. The van der Waals surface area contributed by atoms with Crippen molar-refractivity contribution in [3.05, 3.63) is 24.2 Å². The molecule has 0 aliphatic heterocycles. The molecule has 1 aliphatic rings. The predicted octanol–water partition coefficient (Wildman–Crippen LogP) is 3.53. The Morgan fingerprint density at radius 2 is 2.09 bits per heavy atom. The third-order valence-corrected chi connectivity index (χ3v) is 4.36. The third-order valence-electron chi connectivity index (χ3n) is 4.36. The van der Waals surface area contributed by atoms with E-state index in [0.29, 0.717) is 32.0 Å². The Kier molecular flexibility index (Phi) is 7.17. The molecule has 23 heavy (non-hydrogen) atoms. The van der Waals surface area contributed by atoms with Crippen molar-refractivity contribution in [2.75, 3.05) is 13.2 Å². The standard InChI is InChI=1S/C18H27NO4/c1-2-22-18(21)10-11-19(14-16-9-6-12-23-16)17(20)13-15-7-4-3-5-8-15/h6,9,12,15H,2-5,7-8,10-11,13-14H2,1H3. The van der Waals surface area contributed by atoms with Gasteiger partial charge in [-0.3, -0.25) is 9.59 Å². The maximum atomic E-state index is 12.6. The van der Waals surface area contributed by atoms with Crippen LogP contribution in [0.4, 0.5) is 0 Å². The van der Waals surface area contributed by atoms with Crippen molar-refractivity contribution in [2.24, 2.45) is 5.92 Å². The summed E-state index contributed by atoms with van der Waals surface area (Å²) < 4.78 is 10.3. The molecule has 1 aliphatic carbocycles. The van der Waals surface area contributed by atoms with E-state index in [4.69, 9.17) is 9.15 Å². The van der Waals surface area contributed by atoms with Gasteiger partial charge in [-0.2, -0.15) is 0 Å². The van der Waals surface area contributed by atoms with Crippen LogP contribution in [0, 0.1) is 5.92 Å². The SMILES string of the molecule is CCOC(=O)CCN(Cc1ccco1)C(=O)CC1CCCCC1. The van der Waals surface area contributed by atoms with Crippen molar-refractivity contribution in [1.29, 1.82) is 0 Å². The first kappa shape index (κ1) is 17.6. The van der Waals surface area contributed by atoms with Crippen molar-refractivity contribution < 1.29 is 18.7 Å². The van der Waals surface area contributed by atoms with Crippen molar-refractivity contribution in [1.82, 2.24) is 4.90 Å². The van der Waals surface area contributed by atoms with Crippen molar-refractivity contribution in [3.8, 4) is 0 Å². The molecule has 5 nitrogen and oxygen atoms in total. The van der Waals surface area contributed by atoms with E-state index in [9.17, 15) is 9.59 Å². The molecule has 0 bridgehead atoms. The molecule has 1 aromatic rings. The largest absolute Gasteiger partial charge is 0.467 e. The van der Waals surface area contributed by atoms with Crippen LogP contribution in [0.2, 0.25) is 0 Å². The van der Waals surface area contributed by atoms with Crippen LogP contribution in [-0.4, -0.2) is 29.9 Å². The minimum Gasteiger partial charge on any atom is -0.467 e. The summed E-state index contributed by atoms with van der Waals surface area (Å²) in [4.78, 5) is 25.9. The zero-order valence-electron chi connectivity index (χ0n) is 14.0. The van der Waals surface area contributed by atoms with Gasteiger partial charge in [-0.25, -0.2) is 0 Å². The average Bonchev–Trinajstić information content (AvgIpc) is 3.05. The smallest absolute Gasteiger partial charge is 0.307 e. The van der Waals surface area contributed by atoms with Crippen molar-refractivity contribution in [2.45, 2.75) is 58.4 Å². The number of hydrogen-bond donors (Lipinski definition) is 0. The number of carbonyl (C=O) groups is 2. The molecule has 2 rings (SSSR count). The van der Waals surface area contributed by atoms with Gasteiger partial charge in [0.2, 0.25) is 5.91 Å². The minimum atomic E-state index is -0.262. The molecule has 0 atom stereocenters. The molecule has 1 heterocycles. The summed E-state index contributed by atoms with van der Waals surface area (Å²) in [6.45, 7) is 2.95. The Morgan fingerprint density at radius 1 is 1.30 bits per heavy atom. The number of ether oxygens (including phenoxy) is 1. The topological polar surface area (TPSA) is 59.8 Å². The summed E-state index contributed by atoms with van der Waals surface area (Å²) in [7, 11) is 0. The minimum absolute atomic E-state index is 0.109. The summed E-state index contributed by atoms with van der Waals surface area (Å²) in [6.07, 6.45) is 8.40. The Morgan fingerprint density at radius 3 is 2.74 bits per heavy atom. The molecule has 1 fully saturated rings. The van der Waals surface area contributed by atoms with Crippen molar-refractivity contribution in [3.63, 3.8) is 0 Å². The lowest BCUT2D eigenvalue weighted by molar-refractivity contribution is -0.144. The second-order valence-corrected chi connectivity index (χ2v) is 6.16. The zero-order chi connectivity index (χ0) is 16.5. The summed E-state index contributed by atoms with van der Waals surface area (Å²) in [5.74, 6) is 1.07. The van der Waals surface area contributed by atoms with E-state index < -0.39 is 0 Å². The summed E-state index contributed by atoms with van der Waals surface area (Å²) >= 11 is 0. The fraction of sp³-hybridized carbons (Fsp3) is 0.667. The van der Waals surface area contributed by atoms with Crippen molar-refractivity contribution >= 4 is 11.9 Å². The highest BCUT2D eigenvalue weighted by atomic mass is 16.5. The van der Waals surface area contributed by atoms with Crippen LogP contribution in [0.1, 0.15) is 57.6 Å². The molecule has 128 valence electrons. The number of esters is 1. The van der Waals surface area contributed by atoms with E-state index in [2.05, 4.69) is 0 Å². The Bertz CT molecular complexity index is 477. The molecular formula is C18H27NO4. The van der Waals surface area contributed by atoms with Gasteiger partial charge in [0.05, 0.1) is 25.8 Å². The first-order chi connectivity index (χ1) is 11.2. The maximum Gasteiger partial charge on any atom is 0.307 e. The van der Waals surface area contributed by atoms with E-state index in [0.717, 1.165) is 18.6 Å². The maximum absolute atomic E-state index is 12.6. The predicted molar refractivity (Wildman–Crippen MR) is 86.6 cm³/mol. The van der Waals surface area contributed by atoms with Crippen LogP contribution in [0.3, 0.4) is 0 Å². The van der Waals surface area contributed by atoms with E-state index >= 15 is 0 Å². The Hall–Kier alpha value is -1.78. The molecule has 0 N–H and O–H groups in total. The average molecular weight is 321 g/mol. The Labute approximate surface area is 138 Å². The van der Waals surface area contributed by atoms with Gasteiger partial charge < -0.3 is 14.1 Å². The molecule has 1 amide bonds. The van der Waals surface area contributed by atoms with Gasteiger partial charge in [-0.15, -0.1) is 0 Å². The molecule has 5 heteroatoms. The highest BCUT2D eigenvalue weighted by Gasteiger charge is 2.22. The summed E-state index contributed by atoms with van der Waals surface area (Å²) in [6, 6.07) is 3.66. The summed E-state index contributed by atoms with van der Waals surface area (Å²) in [5, 5.41) is 0. The summed E-state index contributed by atoms with van der Waals surface area (Å²) in [5.41, 5.74) is 0. The zero-order valence-corrected chi connectivity index (χ0v) is 14.0. The van der Waals surface area contributed by atoms with Gasteiger partial charge in [0.15, 0.2) is 0 Å². The highest BCUT2D eigenvalue weighted by Crippen LogP contribution is 2.27. The quantitative estimate of drug-likeness (QED) is 0.687. The first-order valence-corrected chi connectivity index (χ1v) is 8.64. The van der Waals surface area contributed by atoms with Crippen LogP contribution < -0.4 is 0 Å². The number of furan rings is 1. The fourth-order valence-electron chi connectivity index (χ4n) is 3.11. The number of rotatable bonds is 8. The molecule has 0 spiro atoms. The number of amides is 1. The molecule has 0 aromatic carbocycles. The molecule has 1 saturated carbocycles. The highest BCUT2D eigenvalue weighted by molar-refractivity contribution is 5.77. The van der Waals surface area contributed by atoms with Gasteiger partial charge in [-0.1, -0.05) is 19.3 Å². The molecule has 0 unspecified atom stereocenters. The number of nitrogens with zero attached hydrogens (tertiary/aromatic N) is 1. The monoisotopic (exact) mass is 321 g/mol. The lowest BCUT2D eigenvalue weighted by Gasteiger charge is -2.26. The molecule has 1 aromatic heterocycles. The fourth-order valence-corrected chi connectivity index (χ4v) is 3.11. The number of carbonyl (C=O) groups excluding carboxylic acids is 2. The number of hydrogen-bond acceptors (Lipinski definition) is 4. The normalized spacial score (nSPS) is 15.3. The second-order valence-electron chi connectivity index (χ2n) is 6.16. The van der Waals surface area contributed by atoms with Crippen LogP contribution >= 0.6 is 0 Å². The molecule has 0 saturated heterocycles. The van der Waals surface area contributed by atoms with Crippen LogP contribution in [0.15, 0.2) is 22.8 Å². The van der Waals surface area contributed by atoms with Gasteiger partial charge >= 0.3 is 5.97 Å². The second kappa shape index (κ2) is 9.38. The van der Waals surface area contributed by atoms with Crippen LogP contribution in [-0.2, 0) is 20.9 Å². The van der Waals surface area contributed by atoms with E-state index in [1.807, 2.05) is 12.1 Å². The van der Waals surface area contributed by atoms with Crippen LogP contribution in [0.25, 0.3) is 0 Å². The third kappa shape index (κ3) is 6.08. The lowest BCUT2D eigenvalue weighted by atomic mass is 9.86. The van der Waals surface area contributed by atoms with Gasteiger partial charge in [0.1, 0.15) is 5.76 Å². The van der Waals surface area contributed by atoms with E-state index in [-0.39, 0.29) is 18.3 Å². The molecule has 0 radical (unpaired) electrons. The Balaban J connectivity index is 1.90. The van der Waals surface area contributed by atoms with E-state index in [1.165, 1.54) is 19.3 Å². The van der Waals surface area contributed by atoms with Crippen LogP contribution in [0.5, 0.6) is 0 Å². The van der Waals surface area contributed by atoms with E-state index in [1.54, 1.807) is 18.1 Å². The van der Waals surface area contributed by atoms with Gasteiger partial charge in [-0.05, 0) is 37.8 Å². The molecular weight excluding hydrogens is 294 g/mol. The van der Waals surface area contributed by atoms with Gasteiger partial charge in [0, 0.05) is 13.0 Å². The van der Waals surface area contributed by atoms with Gasteiger partial charge in [0.25, 0.3) is 0 Å². The lowest BCUT2D eigenvalue weighted by Crippen LogP contribution is -2.34.